The third kappa shape index (κ3) is 7.18. The van der Waals surface area contributed by atoms with Gasteiger partial charge in [-0.05, 0) is 26.0 Å². The Hall–Kier alpha value is -2.87. The SMILES string of the molecule is CNCCOc1ccccc1/C=C/CNC(=O)CNC(=O)C1(NC(C)=O)CCCC1. The zero-order valence-electron chi connectivity index (χ0n) is 17.8. The Bertz CT molecular complexity index is 757. The second kappa shape index (κ2) is 12.0. The topological polar surface area (TPSA) is 109 Å². The number of amides is 3. The molecule has 0 bridgehead atoms. The van der Waals surface area contributed by atoms with Crippen molar-refractivity contribution in [2.24, 2.45) is 0 Å². The summed E-state index contributed by atoms with van der Waals surface area (Å²) < 4.78 is 5.73. The summed E-state index contributed by atoms with van der Waals surface area (Å²) in [6, 6.07) is 7.68. The maximum atomic E-state index is 12.5. The van der Waals surface area contributed by atoms with E-state index >= 15 is 0 Å². The molecule has 0 aliphatic heterocycles. The van der Waals surface area contributed by atoms with Crippen molar-refractivity contribution in [2.45, 2.75) is 38.1 Å². The van der Waals surface area contributed by atoms with Crippen molar-refractivity contribution in [3.8, 4) is 5.75 Å². The lowest BCUT2D eigenvalue weighted by Gasteiger charge is -2.28. The van der Waals surface area contributed by atoms with Crippen LogP contribution in [-0.2, 0) is 14.4 Å². The molecule has 3 amide bonds. The quantitative estimate of drug-likeness (QED) is 0.402. The lowest BCUT2D eigenvalue weighted by molar-refractivity contribution is -0.133. The van der Waals surface area contributed by atoms with Gasteiger partial charge in [0.05, 0.1) is 6.54 Å². The van der Waals surface area contributed by atoms with Gasteiger partial charge in [-0.15, -0.1) is 0 Å². The van der Waals surface area contributed by atoms with Crippen molar-refractivity contribution >= 4 is 23.8 Å². The first-order valence-electron chi connectivity index (χ1n) is 10.3. The average Bonchev–Trinajstić information content (AvgIpc) is 3.19. The minimum Gasteiger partial charge on any atom is -0.492 e. The fourth-order valence-electron chi connectivity index (χ4n) is 3.49. The molecular formula is C22H32N4O4. The minimum atomic E-state index is -0.886. The predicted octanol–water partition coefficient (Wildman–Crippen LogP) is 0.979. The summed E-state index contributed by atoms with van der Waals surface area (Å²) in [5.41, 5.74) is 0.0397. The van der Waals surface area contributed by atoms with Crippen LogP contribution in [0.5, 0.6) is 5.75 Å². The van der Waals surface area contributed by atoms with Gasteiger partial charge in [0, 0.05) is 25.6 Å². The van der Waals surface area contributed by atoms with E-state index in [4.69, 9.17) is 4.74 Å². The van der Waals surface area contributed by atoms with Gasteiger partial charge in [-0.3, -0.25) is 14.4 Å². The Kier molecular flexibility index (Phi) is 9.34. The highest BCUT2D eigenvalue weighted by Gasteiger charge is 2.41. The third-order valence-electron chi connectivity index (χ3n) is 4.96. The largest absolute Gasteiger partial charge is 0.492 e. The van der Waals surface area contributed by atoms with Crippen LogP contribution in [0.1, 0.15) is 38.2 Å². The molecular weight excluding hydrogens is 384 g/mol. The molecule has 0 saturated heterocycles. The predicted molar refractivity (Wildman–Crippen MR) is 116 cm³/mol. The lowest BCUT2D eigenvalue weighted by Crippen LogP contribution is -2.57. The number of benzene rings is 1. The normalized spacial score (nSPS) is 15.0. The fraction of sp³-hybridized carbons (Fsp3) is 0.500. The van der Waals surface area contributed by atoms with Crippen LogP contribution in [0, 0.1) is 0 Å². The maximum Gasteiger partial charge on any atom is 0.246 e. The zero-order valence-corrected chi connectivity index (χ0v) is 17.8. The lowest BCUT2D eigenvalue weighted by atomic mass is 9.96. The highest BCUT2D eigenvalue weighted by atomic mass is 16.5. The Morgan fingerprint density at radius 2 is 1.87 bits per heavy atom. The fourth-order valence-corrected chi connectivity index (χ4v) is 3.49. The molecule has 8 nitrogen and oxygen atoms in total. The molecule has 0 aromatic heterocycles. The molecule has 1 aromatic carbocycles. The Labute approximate surface area is 177 Å². The van der Waals surface area contributed by atoms with E-state index in [-0.39, 0.29) is 24.3 Å². The van der Waals surface area contributed by atoms with Crippen LogP contribution >= 0.6 is 0 Å². The van der Waals surface area contributed by atoms with Gasteiger partial charge >= 0.3 is 0 Å². The molecule has 1 aliphatic carbocycles. The van der Waals surface area contributed by atoms with E-state index in [1.54, 1.807) is 0 Å². The summed E-state index contributed by atoms with van der Waals surface area (Å²) in [5.74, 6) is -0.0460. The van der Waals surface area contributed by atoms with Crippen LogP contribution in [0.25, 0.3) is 6.08 Å². The number of para-hydroxylation sites is 1. The van der Waals surface area contributed by atoms with Gasteiger partial charge in [0.1, 0.15) is 17.9 Å². The molecule has 1 fully saturated rings. The highest BCUT2D eigenvalue weighted by Crippen LogP contribution is 2.29. The van der Waals surface area contributed by atoms with E-state index in [1.165, 1.54) is 6.92 Å². The molecule has 8 heteroatoms. The van der Waals surface area contributed by atoms with Gasteiger partial charge in [0.2, 0.25) is 17.7 Å². The second-order valence-electron chi connectivity index (χ2n) is 7.35. The summed E-state index contributed by atoms with van der Waals surface area (Å²) in [7, 11) is 1.87. The standard InChI is InChI=1S/C22H32N4O4/c1-17(27)26-22(11-5-6-12-22)21(29)25-16-20(28)24-13-7-9-18-8-3-4-10-19(18)30-15-14-23-2/h3-4,7-10,23H,5-6,11-16H2,1-2H3,(H,24,28)(H,25,29)(H,26,27)/b9-7+. The summed E-state index contributed by atoms with van der Waals surface area (Å²) in [6.45, 7) is 2.92. The first-order chi connectivity index (χ1) is 14.5. The second-order valence-corrected chi connectivity index (χ2v) is 7.35. The third-order valence-corrected chi connectivity index (χ3v) is 4.96. The molecule has 1 saturated carbocycles. The van der Waals surface area contributed by atoms with Crippen molar-refractivity contribution in [3.63, 3.8) is 0 Å². The number of hydrogen-bond donors (Lipinski definition) is 4. The Balaban J connectivity index is 1.77. The molecule has 0 unspecified atom stereocenters. The van der Waals surface area contributed by atoms with E-state index in [0.29, 0.717) is 26.0 Å². The van der Waals surface area contributed by atoms with E-state index in [9.17, 15) is 14.4 Å². The van der Waals surface area contributed by atoms with Crippen molar-refractivity contribution in [1.82, 2.24) is 21.3 Å². The molecule has 1 aromatic rings. The number of nitrogens with one attached hydrogen (secondary N) is 4. The number of carbonyl (C=O) groups is 3. The first kappa shape index (κ1) is 23.4. The number of likely N-dealkylation sites (N-methyl/N-ethyl adjacent to an activating group) is 1. The summed E-state index contributed by atoms with van der Waals surface area (Å²) >= 11 is 0. The molecule has 0 spiro atoms. The van der Waals surface area contributed by atoms with Gasteiger partial charge < -0.3 is 26.0 Å². The smallest absolute Gasteiger partial charge is 0.246 e. The van der Waals surface area contributed by atoms with Crippen molar-refractivity contribution in [3.05, 3.63) is 35.9 Å². The average molecular weight is 417 g/mol. The van der Waals surface area contributed by atoms with Crippen molar-refractivity contribution in [2.75, 3.05) is 33.3 Å². The van der Waals surface area contributed by atoms with Crippen molar-refractivity contribution < 1.29 is 19.1 Å². The Morgan fingerprint density at radius 1 is 1.13 bits per heavy atom. The van der Waals surface area contributed by atoms with Gasteiger partial charge in [-0.1, -0.05) is 43.2 Å². The van der Waals surface area contributed by atoms with Crippen LogP contribution in [0.4, 0.5) is 0 Å². The number of hydrogen-bond acceptors (Lipinski definition) is 5. The monoisotopic (exact) mass is 416 g/mol. The molecule has 0 radical (unpaired) electrons. The van der Waals surface area contributed by atoms with Gasteiger partial charge in [-0.2, -0.15) is 0 Å². The first-order valence-corrected chi connectivity index (χ1v) is 10.3. The van der Waals surface area contributed by atoms with E-state index in [1.807, 2.05) is 43.5 Å². The van der Waals surface area contributed by atoms with Crippen LogP contribution in [0.2, 0.25) is 0 Å². The zero-order chi connectivity index (χ0) is 21.8. The molecule has 4 N–H and O–H groups in total. The number of rotatable bonds is 11. The maximum absolute atomic E-state index is 12.5. The van der Waals surface area contributed by atoms with Crippen LogP contribution in [0.3, 0.4) is 0 Å². The Morgan fingerprint density at radius 3 is 2.57 bits per heavy atom. The van der Waals surface area contributed by atoms with Crippen LogP contribution in [-0.4, -0.2) is 56.5 Å². The highest BCUT2D eigenvalue weighted by molar-refractivity contribution is 5.93. The van der Waals surface area contributed by atoms with E-state index in [0.717, 1.165) is 30.7 Å². The van der Waals surface area contributed by atoms with Gasteiger partial charge in [0.15, 0.2) is 0 Å². The van der Waals surface area contributed by atoms with E-state index < -0.39 is 5.54 Å². The van der Waals surface area contributed by atoms with Crippen LogP contribution < -0.4 is 26.0 Å². The summed E-state index contributed by atoms with van der Waals surface area (Å²) in [5, 5.41) is 11.2. The van der Waals surface area contributed by atoms with Gasteiger partial charge in [0.25, 0.3) is 0 Å². The summed E-state index contributed by atoms with van der Waals surface area (Å²) in [6.07, 6.45) is 6.67. The molecule has 1 aliphatic rings. The van der Waals surface area contributed by atoms with Crippen LogP contribution in [0.15, 0.2) is 30.3 Å². The summed E-state index contributed by atoms with van der Waals surface area (Å²) in [4.78, 5) is 36.0. The molecule has 0 heterocycles. The van der Waals surface area contributed by atoms with Gasteiger partial charge in [-0.25, -0.2) is 0 Å². The molecule has 0 atom stereocenters. The number of ether oxygens (including phenoxy) is 1. The molecule has 2 rings (SSSR count). The number of carbonyl (C=O) groups excluding carboxylic acids is 3. The van der Waals surface area contributed by atoms with E-state index in [2.05, 4.69) is 21.3 Å². The van der Waals surface area contributed by atoms with Crippen molar-refractivity contribution in [1.29, 1.82) is 0 Å². The molecule has 164 valence electrons. The molecule has 30 heavy (non-hydrogen) atoms. The minimum absolute atomic E-state index is 0.127.